The third-order valence-corrected chi connectivity index (χ3v) is 5.38. The molecule has 0 bridgehead atoms. The molecule has 21 heavy (non-hydrogen) atoms. The van der Waals surface area contributed by atoms with Gasteiger partial charge in [0, 0.05) is 12.8 Å². The fourth-order valence-corrected chi connectivity index (χ4v) is 3.49. The summed E-state index contributed by atoms with van der Waals surface area (Å²) in [5.74, 6) is 0.263. The van der Waals surface area contributed by atoms with Crippen molar-refractivity contribution in [1.82, 2.24) is 4.72 Å². The molecule has 1 rings (SSSR count). The molecule has 0 saturated heterocycles. The van der Waals surface area contributed by atoms with Gasteiger partial charge in [0.05, 0.1) is 15.9 Å². The molecule has 0 aliphatic rings. The van der Waals surface area contributed by atoms with Gasteiger partial charge in [0.1, 0.15) is 0 Å². The maximum Gasteiger partial charge on any atom is 0.240 e. The van der Waals surface area contributed by atoms with Gasteiger partial charge >= 0.3 is 0 Å². The number of nitrogens with one attached hydrogen (secondary N) is 1. The minimum atomic E-state index is -3.76. The lowest BCUT2D eigenvalue weighted by Crippen LogP contribution is -2.32. The predicted molar refractivity (Wildman–Crippen MR) is 80.2 cm³/mol. The summed E-state index contributed by atoms with van der Waals surface area (Å²) in [4.78, 5) is 0.0212. The number of benzene rings is 1. The van der Waals surface area contributed by atoms with E-state index in [0.717, 1.165) is 6.26 Å². The molecule has 2 N–H and O–H groups in total. The van der Waals surface area contributed by atoms with Crippen LogP contribution in [0.15, 0.2) is 34.1 Å². The minimum absolute atomic E-state index is 0.0355. The first-order valence-corrected chi connectivity index (χ1v) is 9.87. The number of rotatable bonds is 7. The van der Waals surface area contributed by atoms with Gasteiger partial charge in [-0.1, -0.05) is 13.8 Å². The smallest absolute Gasteiger partial charge is 0.240 e. The number of aliphatic hydroxyl groups is 1. The van der Waals surface area contributed by atoms with E-state index < -0.39 is 26.0 Å². The second-order valence-corrected chi connectivity index (χ2v) is 9.16. The molecule has 1 aromatic rings. The summed E-state index contributed by atoms with van der Waals surface area (Å²) >= 11 is 0. The normalized spacial score (nSPS) is 14.3. The van der Waals surface area contributed by atoms with Gasteiger partial charge in [-0.25, -0.2) is 21.6 Å². The lowest BCUT2D eigenvalue weighted by molar-refractivity contribution is 0.152. The van der Waals surface area contributed by atoms with Crippen LogP contribution in [0.5, 0.6) is 0 Å². The van der Waals surface area contributed by atoms with E-state index in [1.165, 1.54) is 24.3 Å². The maximum absolute atomic E-state index is 12.0. The van der Waals surface area contributed by atoms with Gasteiger partial charge in [0.2, 0.25) is 10.0 Å². The Kier molecular flexibility index (Phi) is 5.92. The molecular formula is C13H21NO5S2. The number of hydrogen-bond acceptors (Lipinski definition) is 5. The Balaban J connectivity index is 2.79. The topological polar surface area (TPSA) is 101 Å². The SMILES string of the molecule is CC(C)CC(O)CNS(=O)(=O)c1ccc(S(C)(=O)=O)cc1. The largest absolute Gasteiger partial charge is 0.392 e. The number of aliphatic hydroxyl groups excluding tert-OH is 1. The highest BCUT2D eigenvalue weighted by atomic mass is 32.2. The Morgan fingerprint density at radius 2 is 1.52 bits per heavy atom. The molecule has 1 aromatic carbocycles. The monoisotopic (exact) mass is 335 g/mol. The Bertz CT molecular complexity index is 663. The zero-order valence-corrected chi connectivity index (χ0v) is 13.9. The zero-order valence-electron chi connectivity index (χ0n) is 12.3. The third kappa shape index (κ3) is 5.74. The van der Waals surface area contributed by atoms with Crippen molar-refractivity contribution < 1.29 is 21.9 Å². The van der Waals surface area contributed by atoms with E-state index in [2.05, 4.69) is 4.72 Å². The van der Waals surface area contributed by atoms with Crippen LogP contribution in [-0.4, -0.2) is 40.8 Å². The number of sulfone groups is 1. The minimum Gasteiger partial charge on any atom is -0.392 e. The molecule has 8 heteroatoms. The summed E-state index contributed by atoms with van der Waals surface area (Å²) in [5, 5.41) is 9.67. The lowest BCUT2D eigenvalue weighted by atomic mass is 10.1. The first kappa shape index (κ1) is 18.1. The van der Waals surface area contributed by atoms with Crippen molar-refractivity contribution in [3.63, 3.8) is 0 Å². The van der Waals surface area contributed by atoms with Crippen molar-refractivity contribution in [1.29, 1.82) is 0 Å². The van der Waals surface area contributed by atoms with Crippen LogP contribution in [0.25, 0.3) is 0 Å². The van der Waals surface area contributed by atoms with Crippen LogP contribution < -0.4 is 4.72 Å². The third-order valence-electron chi connectivity index (χ3n) is 2.81. The number of sulfonamides is 1. The zero-order chi connectivity index (χ0) is 16.3. The van der Waals surface area contributed by atoms with Crippen LogP contribution in [0.3, 0.4) is 0 Å². The van der Waals surface area contributed by atoms with Crippen LogP contribution in [0.2, 0.25) is 0 Å². The molecule has 0 amide bonds. The summed E-state index contributed by atoms with van der Waals surface area (Å²) in [7, 11) is -7.12. The Morgan fingerprint density at radius 1 is 1.05 bits per heavy atom. The van der Waals surface area contributed by atoms with Gasteiger partial charge in [-0.2, -0.15) is 0 Å². The van der Waals surface area contributed by atoms with E-state index in [1.54, 1.807) is 0 Å². The van der Waals surface area contributed by atoms with Crippen LogP contribution in [0.4, 0.5) is 0 Å². The van der Waals surface area contributed by atoms with E-state index in [4.69, 9.17) is 0 Å². The van der Waals surface area contributed by atoms with E-state index in [0.29, 0.717) is 6.42 Å². The van der Waals surface area contributed by atoms with E-state index in [9.17, 15) is 21.9 Å². The van der Waals surface area contributed by atoms with Gasteiger partial charge in [-0.05, 0) is 36.6 Å². The number of hydrogen-bond donors (Lipinski definition) is 2. The van der Waals surface area contributed by atoms with Crippen molar-refractivity contribution in [2.75, 3.05) is 12.8 Å². The fraction of sp³-hybridized carbons (Fsp3) is 0.538. The summed E-state index contributed by atoms with van der Waals surface area (Å²) in [6.45, 7) is 3.79. The molecule has 1 unspecified atom stereocenters. The average molecular weight is 335 g/mol. The molecular weight excluding hydrogens is 314 g/mol. The van der Waals surface area contributed by atoms with Crippen molar-refractivity contribution in [2.45, 2.75) is 36.2 Å². The second kappa shape index (κ2) is 6.87. The van der Waals surface area contributed by atoms with Crippen molar-refractivity contribution in [2.24, 2.45) is 5.92 Å². The highest BCUT2D eigenvalue weighted by Gasteiger charge is 2.17. The molecule has 120 valence electrons. The summed E-state index contributed by atoms with van der Waals surface area (Å²) in [6.07, 6.45) is 0.794. The van der Waals surface area contributed by atoms with Crippen LogP contribution >= 0.6 is 0 Å². The van der Waals surface area contributed by atoms with Crippen molar-refractivity contribution in [3.8, 4) is 0 Å². The highest BCUT2D eigenvalue weighted by Crippen LogP contribution is 2.14. The van der Waals surface area contributed by atoms with E-state index in [1.807, 2.05) is 13.8 Å². The maximum atomic E-state index is 12.0. The van der Waals surface area contributed by atoms with Gasteiger partial charge in [-0.3, -0.25) is 0 Å². The Morgan fingerprint density at radius 3 is 1.95 bits per heavy atom. The van der Waals surface area contributed by atoms with E-state index in [-0.39, 0.29) is 22.3 Å². The van der Waals surface area contributed by atoms with Crippen molar-refractivity contribution in [3.05, 3.63) is 24.3 Å². The molecule has 0 aromatic heterocycles. The Hall–Kier alpha value is -0.960. The van der Waals surface area contributed by atoms with Gasteiger partial charge in [0.15, 0.2) is 9.84 Å². The second-order valence-electron chi connectivity index (χ2n) is 5.38. The van der Waals surface area contributed by atoms with Crippen LogP contribution in [0, 0.1) is 5.92 Å². The molecule has 0 fully saturated rings. The summed E-state index contributed by atoms with van der Waals surface area (Å²) in [5.41, 5.74) is 0. The molecule has 0 aliphatic carbocycles. The van der Waals surface area contributed by atoms with Crippen LogP contribution in [0.1, 0.15) is 20.3 Å². The first-order chi connectivity index (χ1) is 9.52. The summed E-state index contributed by atoms with van der Waals surface area (Å²) in [6, 6.07) is 4.95. The van der Waals surface area contributed by atoms with Crippen molar-refractivity contribution >= 4 is 19.9 Å². The van der Waals surface area contributed by atoms with Gasteiger partial charge < -0.3 is 5.11 Å². The summed E-state index contributed by atoms with van der Waals surface area (Å²) < 4.78 is 49.0. The molecule has 6 nitrogen and oxygen atoms in total. The first-order valence-electron chi connectivity index (χ1n) is 6.50. The Labute approximate surface area is 126 Å². The highest BCUT2D eigenvalue weighted by molar-refractivity contribution is 7.90. The van der Waals surface area contributed by atoms with E-state index >= 15 is 0 Å². The molecule has 0 aliphatic heterocycles. The molecule has 0 radical (unpaired) electrons. The predicted octanol–water partition coefficient (Wildman–Crippen LogP) is 0.775. The average Bonchev–Trinajstić information content (AvgIpc) is 2.35. The lowest BCUT2D eigenvalue weighted by Gasteiger charge is -2.14. The van der Waals surface area contributed by atoms with Gasteiger partial charge in [-0.15, -0.1) is 0 Å². The standard InChI is InChI=1S/C13H21NO5S2/c1-10(2)8-11(15)9-14-21(18,19)13-6-4-12(5-7-13)20(3,16)17/h4-7,10-11,14-15H,8-9H2,1-3H3. The molecule has 0 spiro atoms. The van der Waals surface area contributed by atoms with Crippen LogP contribution in [-0.2, 0) is 19.9 Å². The quantitative estimate of drug-likeness (QED) is 0.767. The molecule has 0 heterocycles. The molecule has 1 atom stereocenters. The molecule has 0 saturated carbocycles. The van der Waals surface area contributed by atoms with Gasteiger partial charge in [0.25, 0.3) is 0 Å². The fourth-order valence-electron chi connectivity index (χ4n) is 1.78.